The zero-order chi connectivity index (χ0) is 12.8. The van der Waals surface area contributed by atoms with Crippen LogP contribution in [0.1, 0.15) is 73.1 Å². The monoisotopic (exact) mass is 228 g/mol. The Balaban J connectivity index is 3.92. The summed E-state index contributed by atoms with van der Waals surface area (Å²) in [4.78, 5) is 0. The van der Waals surface area contributed by atoms with Gasteiger partial charge < -0.3 is 11.5 Å². The third-order valence-corrected chi connectivity index (χ3v) is 4.36. The average Bonchev–Trinajstić information content (AvgIpc) is 2.15. The average molecular weight is 228 g/mol. The van der Waals surface area contributed by atoms with Crippen LogP contribution in [-0.4, -0.2) is 5.66 Å². The topological polar surface area (TPSA) is 52.0 Å². The second-order valence-corrected chi connectivity index (χ2v) is 6.11. The van der Waals surface area contributed by atoms with Crippen molar-refractivity contribution in [2.45, 2.75) is 78.8 Å². The van der Waals surface area contributed by atoms with Crippen LogP contribution in [0.15, 0.2) is 0 Å². The highest BCUT2D eigenvalue weighted by Gasteiger charge is 2.38. The lowest BCUT2D eigenvalue weighted by molar-refractivity contribution is 0.102. The van der Waals surface area contributed by atoms with Crippen molar-refractivity contribution in [1.82, 2.24) is 0 Å². The van der Waals surface area contributed by atoms with Gasteiger partial charge in [0.2, 0.25) is 0 Å². The molecule has 0 aliphatic rings. The van der Waals surface area contributed by atoms with Crippen LogP contribution >= 0.6 is 0 Å². The summed E-state index contributed by atoms with van der Waals surface area (Å²) in [6.45, 7) is 10.8. The molecule has 0 radical (unpaired) electrons. The Morgan fingerprint density at radius 1 is 0.938 bits per heavy atom. The van der Waals surface area contributed by atoms with Gasteiger partial charge in [0.25, 0.3) is 0 Å². The molecule has 98 valence electrons. The fourth-order valence-corrected chi connectivity index (χ4v) is 1.95. The van der Waals surface area contributed by atoms with Crippen molar-refractivity contribution in [3.63, 3.8) is 0 Å². The van der Waals surface area contributed by atoms with Gasteiger partial charge in [-0.15, -0.1) is 0 Å². The van der Waals surface area contributed by atoms with E-state index in [0.29, 0.717) is 5.92 Å². The van der Waals surface area contributed by atoms with E-state index in [4.69, 9.17) is 11.5 Å². The minimum absolute atomic E-state index is 0.00223. The predicted molar refractivity (Wildman–Crippen MR) is 73.1 cm³/mol. The number of hydrogen-bond acceptors (Lipinski definition) is 2. The summed E-state index contributed by atoms with van der Waals surface area (Å²) in [6, 6.07) is 0. The molecule has 2 nitrogen and oxygen atoms in total. The molecule has 16 heavy (non-hydrogen) atoms. The molecule has 0 heterocycles. The highest BCUT2D eigenvalue weighted by molar-refractivity contribution is 4.92. The van der Waals surface area contributed by atoms with Crippen LogP contribution in [0.5, 0.6) is 0 Å². The number of unbranched alkanes of at least 4 members (excludes halogenated alkanes) is 4. The first-order chi connectivity index (χ1) is 7.23. The number of nitrogens with two attached hydrogens (primary N) is 2. The van der Waals surface area contributed by atoms with Crippen molar-refractivity contribution in [3.05, 3.63) is 0 Å². The van der Waals surface area contributed by atoms with Crippen LogP contribution in [0.2, 0.25) is 0 Å². The largest absolute Gasteiger partial charge is 0.313 e. The van der Waals surface area contributed by atoms with Crippen LogP contribution in [0.4, 0.5) is 0 Å². The first-order valence-corrected chi connectivity index (χ1v) is 6.81. The third kappa shape index (κ3) is 4.84. The normalized spacial score (nSPS) is 15.2. The van der Waals surface area contributed by atoms with E-state index in [0.717, 1.165) is 0 Å². The molecule has 0 rings (SSSR count). The summed E-state index contributed by atoms with van der Waals surface area (Å²) in [5, 5.41) is 0. The Morgan fingerprint density at radius 3 is 1.88 bits per heavy atom. The fourth-order valence-electron chi connectivity index (χ4n) is 1.95. The molecule has 2 heteroatoms. The molecule has 0 bridgehead atoms. The molecule has 4 N–H and O–H groups in total. The molecular formula is C14H32N2. The molecule has 0 spiro atoms. The Labute approximate surface area is 102 Å². The summed E-state index contributed by atoms with van der Waals surface area (Å²) >= 11 is 0. The smallest absolute Gasteiger partial charge is 0.0662 e. The van der Waals surface area contributed by atoms with E-state index in [1.165, 1.54) is 38.5 Å². The van der Waals surface area contributed by atoms with Crippen molar-refractivity contribution in [2.24, 2.45) is 22.8 Å². The SMILES string of the molecule is CCCCCCCC(C)C(C)(C)C(C)(N)N. The predicted octanol–water partition coefficient (Wildman–Crippen LogP) is 3.64. The minimum atomic E-state index is -0.587. The third-order valence-electron chi connectivity index (χ3n) is 4.36. The molecule has 0 saturated heterocycles. The quantitative estimate of drug-likeness (QED) is 0.492. The van der Waals surface area contributed by atoms with Gasteiger partial charge in [0, 0.05) is 0 Å². The van der Waals surface area contributed by atoms with Gasteiger partial charge in [-0.25, -0.2) is 0 Å². The number of hydrogen-bond donors (Lipinski definition) is 2. The van der Waals surface area contributed by atoms with Gasteiger partial charge >= 0.3 is 0 Å². The first kappa shape index (κ1) is 15.9. The molecule has 1 unspecified atom stereocenters. The molecule has 0 saturated carbocycles. The van der Waals surface area contributed by atoms with Gasteiger partial charge in [-0.2, -0.15) is 0 Å². The molecule has 0 aromatic heterocycles. The minimum Gasteiger partial charge on any atom is -0.313 e. The molecule has 0 aromatic carbocycles. The van der Waals surface area contributed by atoms with E-state index in [9.17, 15) is 0 Å². The summed E-state index contributed by atoms with van der Waals surface area (Å²) < 4.78 is 0. The molecule has 0 fully saturated rings. The van der Waals surface area contributed by atoms with Crippen molar-refractivity contribution in [2.75, 3.05) is 0 Å². The lowest BCUT2D eigenvalue weighted by Crippen LogP contribution is -2.60. The van der Waals surface area contributed by atoms with E-state index in [-0.39, 0.29) is 5.41 Å². The van der Waals surface area contributed by atoms with Gasteiger partial charge in [-0.05, 0) is 18.3 Å². The first-order valence-electron chi connectivity index (χ1n) is 6.81. The second-order valence-electron chi connectivity index (χ2n) is 6.11. The molecule has 0 aliphatic heterocycles. The van der Waals surface area contributed by atoms with Gasteiger partial charge in [0.1, 0.15) is 0 Å². The Kier molecular flexibility index (Phi) is 6.57. The summed E-state index contributed by atoms with van der Waals surface area (Å²) in [5.41, 5.74) is 11.5. The molecule has 0 aliphatic carbocycles. The van der Waals surface area contributed by atoms with Crippen LogP contribution in [0, 0.1) is 11.3 Å². The Morgan fingerprint density at radius 2 is 1.44 bits per heavy atom. The zero-order valence-corrected chi connectivity index (χ0v) is 12.0. The van der Waals surface area contributed by atoms with Crippen LogP contribution in [0.25, 0.3) is 0 Å². The van der Waals surface area contributed by atoms with Crippen molar-refractivity contribution >= 4 is 0 Å². The van der Waals surface area contributed by atoms with E-state index in [1.54, 1.807) is 0 Å². The van der Waals surface area contributed by atoms with E-state index in [2.05, 4.69) is 27.7 Å². The second kappa shape index (κ2) is 6.61. The lowest BCUT2D eigenvalue weighted by Gasteiger charge is -2.43. The summed E-state index contributed by atoms with van der Waals surface area (Å²) in [7, 11) is 0. The lowest BCUT2D eigenvalue weighted by atomic mass is 9.69. The maximum Gasteiger partial charge on any atom is 0.0662 e. The highest BCUT2D eigenvalue weighted by Crippen LogP contribution is 2.36. The van der Waals surface area contributed by atoms with Crippen molar-refractivity contribution in [1.29, 1.82) is 0 Å². The Bertz CT molecular complexity index is 180. The summed E-state index contributed by atoms with van der Waals surface area (Å²) in [6.07, 6.45) is 7.93. The standard InChI is InChI=1S/C14H32N2/c1-6-7-8-9-10-11-12(2)13(3,4)14(5,15)16/h12H,6-11,15-16H2,1-5H3. The van der Waals surface area contributed by atoms with Crippen molar-refractivity contribution < 1.29 is 0 Å². The maximum absolute atomic E-state index is 6.04. The highest BCUT2D eigenvalue weighted by atomic mass is 15.0. The van der Waals surface area contributed by atoms with E-state index >= 15 is 0 Å². The molecule has 1 atom stereocenters. The maximum atomic E-state index is 6.04. The van der Waals surface area contributed by atoms with Crippen LogP contribution < -0.4 is 11.5 Å². The van der Waals surface area contributed by atoms with Gasteiger partial charge in [-0.3, -0.25) is 0 Å². The van der Waals surface area contributed by atoms with Gasteiger partial charge in [0.15, 0.2) is 0 Å². The van der Waals surface area contributed by atoms with Crippen LogP contribution in [0.3, 0.4) is 0 Å². The van der Waals surface area contributed by atoms with Gasteiger partial charge in [0.05, 0.1) is 5.66 Å². The van der Waals surface area contributed by atoms with Crippen molar-refractivity contribution in [3.8, 4) is 0 Å². The molecular weight excluding hydrogens is 196 g/mol. The van der Waals surface area contributed by atoms with E-state index < -0.39 is 5.66 Å². The fraction of sp³-hybridized carbons (Fsp3) is 1.00. The van der Waals surface area contributed by atoms with E-state index in [1.807, 2.05) is 6.92 Å². The van der Waals surface area contributed by atoms with Crippen LogP contribution in [-0.2, 0) is 0 Å². The molecule has 0 aromatic rings. The van der Waals surface area contributed by atoms with Gasteiger partial charge in [-0.1, -0.05) is 66.2 Å². The molecule has 0 amide bonds. The zero-order valence-electron chi connectivity index (χ0n) is 12.0. The number of rotatable bonds is 8. The Hall–Kier alpha value is -0.0800. The summed E-state index contributed by atoms with van der Waals surface area (Å²) in [5.74, 6) is 0.578.